The topological polar surface area (TPSA) is 51.9 Å². The molecule has 0 aliphatic carbocycles. The summed E-state index contributed by atoms with van der Waals surface area (Å²) in [6, 6.07) is 1.83. The van der Waals surface area contributed by atoms with Crippen LogP contribution in [0.3, 0.4) is 0 Å². The van der Waals surface area contributed by atoms with E-state index in [1.165, 1.54) is 7.11 Å². The molecule has 0 aliphatic rings. The normalized spacial score (nSPS) is 10.4. The number of ether oxygens (including phenoxy) is 2. The predicted molar refractivity (Wildman–Crippen MR) is 57.9 cm³/mol. The van der Waals surface area contributed by atoms with Gasteiger partial charge in [0.1, 0.15) is 6.61 Å². The lowest BCUT2D eigenvalue weighted by Gasteiger charge is -2.21. The molecule has 1 rings (SSSR count). The van der Waals surface area contributed by atoms with E-state index in [0.717, 1.165) is 5.56 Å². The van der Waals surface area contributed by atoms with Gasteiger partial charge in [-0.2, -0.15) is 0 Å². The lowest BCUT2D eigenvalue weighted by Crippen LogP contribution is -2.35. The van der Waals surface area contributed by atoms with Gasteiger partial charge in [0, 0.05) is 32.9 Å². The monoisotopic (exact) mass is 227 g/mol. The summed E-state index contributed by atoms with van der Waals surface area (Å²) in [6.07, 6.45) is 3.21. The molecule has 16 heavy (non-hydrogen) atoms. The van der Waals surface area contributed by atoms with E-state index in [1.54, 1.807) is 24.5 Å². The molecule has 5 heteroatoms. The highest BCUT2D eigenvalue weighted by Crippen LogP contribution is 2.05. The van der Waals surface area contributed by atoms with Gasteiger partial charge in [0.2, 0.25) is 5.91 Å². The Hall–Kier alpha value is -1.33. The van der Waals surface area contributed by atoms with Crippen LogP contribution in [0, 0.1) is 0 Å². The minimum absolute atomic E-state index is 0.0549. The average Bonchev–Trinajstić information content (AvgIpc) is 2.77. The Morgan fingerprint density at radius 3 is 2.81 bits per heavy atom. The van der Waals surface area contributed by atoms with E-state index in [-0.39, 0.29) is 12.5 Å². The zero-order chi connectivity index (χ0) is 11.8. The molecule has 5 nitrogen and oxygen atoms in total. The van der Waals surface area contributed by atoms with Crippen molar-refractivity contribution in [3.63, 3.8) is 0 Å². The lowest BCUT2D eigenvalue weighted by molar-refractivity contribution is -0.136. The number of furan rings is 1. The van der Waals surface area contributed by atoms with Crippen LogP contribution < -0.4 is 0 Å². The molecule has 0 saturated heterocycles. The SMILES string of the molecule is COCCN(Cc1ccoc1)C(=O)COC. The predicted octanol–water partition coefficient (Wildman–Crippen LogP) is 0.901. The first-order valence-electron chi connectivity index (χ1n) is 5.04. The Balaban J connectivity index is 2.52. The van der Waals surface area contributed by atoms with Crippen molar-refractivity contribution in [3.05, 3.63) is 24.2 Å². The van der Waals surface area contributed by atoms with Gasteiger partial charge < -0.3 is 18.8 Å². The molecule has 0 radical (unpaired) electrons. The molecule has 0 atom stereocenters. The molecule has 1 heterocycles. The van der Waals surface area contributed by atoms with E-state index in [1.807, 2.05) is 6.07 Å². The molecule has 0 fully saturated rings. The third-order valence-electron chi connectivity index (χ3n) is 2.14. The van der Waals surface area contributed by atoms with Gasteiger partial charge in [0.15, 0.2) is 0 Å². The fourth-order valence-corrected chi connectivity index (χ4v) is 1.31. The van der Waals surface area contributed by atoms with Crippen molar-refractivity contribution in [2.24, 2.45) is 0 Å². The summed E-state index contributed by atoms with van der Waals surface area (Å²) >= 11 is 0. The van der Waals surface area contributed by atoms with Gasteiger partial charge in [0.25, 0.3) is 0 Å². The molecule has 0 aliphatic heterocycles. The zero-order valence-corrected chi connectivity index (χ0v) is 9.64. The number of carbonyl (C=O) groups excluding carboxylic acids is 1. The van der Waals surface area contributed by atoms with Gasteiger partial charge >= 0.3 is 0 Å². The highest BCUT2D eigenvalue weighted by atomic mass is 16.5. The Morgan fingerprint density at radius 1 is 1.44 bits per heavy atom. The second-order valence-electron chi connectivity index (χ2n) is 3.37. The van der Waals surface area contributed by atoms with Gasteiger partial charge in [-0.05, 0) is 6.07 Å². The summed E-state index contributed by atoms with van der Waals surface area (Å²) in [5.74, 6) is -0.0549. The van der Waals surface area contributed by atoms with Crippen molar-refractivity contribution in [1.29, 1.82) is 0 Å². The second-order valence-corrected chi connectivity index (χ2v) is 3.37. The maximum Gasteiger partial charge on any atom is 0.248 e. The highest BCUT2D eigenvalue weighted by molar-refractivity contribution is 5.77. The van der Waals surface area contributed by atoms with E-state index in [0.29, 0.717) is 19.7 Å². The standard InChI is InChI=1S/C11H17NO4/c1-14-6-4-12(11(13)9-15-2)7-10-3-5-16-8-10/h3,5,8H,4,6-7,9H2,1-2H3. The van der Waals surface area contributed by atoms with Crippen molar-refractivity contribution < 1.29 is 18.7 Å². The maximum atomic E-state index is 11.7. The number of carbonyl (C=O) groups is 1. The minimum Gasteiger partial charge on any atom is -0.472 e. The van der Waals surface area contributed by atoms with Crippen LogP contribution in [0.5, 0.6) is 0 Å². The summed E-state index contributed by atoms with van der Waals surface area (Å²) in [5, 5.41) is 0. The van der Waals surface area contributed by atoms with E-state index in [4.69, 9.17) is 13.9 Å². The van der Waals surface area contributed by atoms with E-state index < -0.39 is 0 Å². The third kappa shape index (κ3) is 4.04. The van der Waals surface area contributed by atoms with Crippen molar-refractivity contribution >= 4 is 5.91 Å². The Kier molecular flexibility index (Phi) is 5.60. The molecule has 1 amide bonds. The maximum absolute atomic E-state index is 11.7. The summed E-state index contributed by atoms with van der Waals surface area (Å²) in [5.41, 5.74) is 0.959. The molecule has 1 aromatic heterocycles. The van der Waals surface area contributed by atoms with Gasteiger partial charge in [-0.25, -0.2) is 0 Å². The van der Waals surface area contributed by atoms with Crippen molar-refractivity contribution in [1.82, 2.24) is 4.90 Å². The van der Waals surface area contributed by atoms with Gasteiger partial charge in [-0.1, -0.05) is 0 Å². The molecule has 0 N–H and O–H groups in total. The third-order valence-corrected chi connectivity index (χ3v) is 2.14. The van der Waals surface area contributed by atoms with Crippen LogP contribution in [-0.4, -0.2) is 44.8 Å². The number of hydrogen-bond acceptors (Lipinski definition) is 4. The fraction of sp³-hybridized carbons (Fsp3) is 0.545. The number of rotatable bonds is 7. The number of hydrogen-bond donors (Lipinski definition) is 0. The minimum atomic E-state index is -0.0549. The molecule has 90 valence electrons. The number of amides is 1. The molecular weight excluding hydrogens is 210 g/mol. The summed E-state index contributed by atoms with van der Waals surface area (Å²) in [6.45, 7) is 1.65. The summed E-state index contributed by atoms with van der Waals surface area (Å²) < 4.78 is 14.7. The second kappa shape index (κ2) is 7.03. The zero-order valence-electron chi connectivity index (χ0n) is 9.64. The van der Waals surface area contributed by atoms with Gasteiger partial charge in [-0.15, -0.1) is 0 Å². The van der Waals surface area contributed by atoms with E-state index in [9.17, 15) is 4.79 Å². The molecule has 0 spiro atoms. The van der Waals surface area contributed by atoms with Crippen LogP contribution in [0.25, 0.3) is 0 Å². The largest absolute Gasteiger partial charge is 0.472 e. The van der Waals surface area contributed by atoms with Gasteiger partial charge in [-0.3, -0.25) is 4.79 Å². The fourth-order valence-electron chi connectivity index (χ4n) is 1.31. The summed E-state index contributed by atoms with van der Waals surface area (Å²) in [4.78, 5) is 13.4. The smallest absolute Gasteiger partial charge is 0.248 e. The van der Waals surface area contributed by atoms with Crippen molar-refractivity contribution in [2.45, 2.75) is 6.54 Å². The first-order chi connectivity index (χ1) is 7.77. The van der Waals surface area contributed by atoms with Crippen LogP contribution in [0.2, 0.25) is 0 Å². The molecule has 1 aromatic rings. The molecule has 0 bridgehead atoms. The van der Waals surface area contributed by atoms with E-state index >= 15 is 0 Å². The van der Waals surface area contributed by atoms with Crippen LogP contribution in [-0.2, 0) is 20.8 Å². The molecular formula is C11H17NO4. The van der Waals surface area contributed by atoms with Crippen LogP contribution >= 0.6 is 0 Å². The van der Waals surface area contributed by atoms with Crippen molar-refractivity contribution in [2.75, 3.05) is 34.0 Å². The molecule has 0 aromatic carbocycles. The molecule has 0 unspecified atom stereocenters. The average molecular weight is 227 g/mol. The number of nitrogens with zero attached hydrogens (tertiary/aromatic N) is 1. The van der Waals surface area contributed by atoms with Gasteiger partial charge in [0.05, 0.1) is 19.1 Å². The lowest BCUT2D eigenvalue weighted by atomic mass is 10.3. The Morgan fingerprint density at radius 2 is 2.25 bits per heavy atom. The highest BCUT2D eigenvalue weighted by Gasteiger charge is 2.13. The van der Waals surface area contributed by atoms with Crippen LogP contribution in [0.4, 0.5) is 0 Å². The van der Waals surface area contributed by atoms with Crippen LogP contribution in [0.1, 0.15) is 5.56 Å². The molecule has 0 saturated carbocycles. The summed E-state index contributed by atoms with van der Waals surface area (Å²) in [7, 11) is 3.11. The Labute approximate surface area is 94.9 Å². The number of methoxy groups -OCH3 is 2. The quantitative estimate of drug-likeness (QED) is 0.694. The first kappa shape index (κ1) is 12.7. The first-order valence-corrected chi connectivity index (χ1v) is 5.04. The van der Waals surface area contributed by atoms with Crippen LogP contribution in [0.15, 0.2) is 23.0 Å². The Bertz CT molecular complexity index is 297. The van der Waals surface area contributed by atoms with E-state index in [2.05, 4.69) is 0 Å². The van der Waals surface area contributed by atoms with Crippen molar-refractivity contribution in [3.8, 4) is 0 Å².